The number of aromatic nitrogens is 2. The van der Waals surface area contributed by atoms with Gasteiger partial charge in [0.1, 0.15) is 5.75 Å². The normalized spacial score (nSPS) is 19.8. The molecule has 2 aromatic heterocycles. The van der Waals surface area contributed by atoms with Crippen LogP contribution in [0.15, 0.2) is 23.1 Å². The maximum atomic E-state index is 12.7. The summed E-state index contributed by atoms with van der Waals surface area (Å²) in [5.74, 6) is 1.36. The minimum absolute atomic E-state index is 0.205. The molecule has 1 unspecified atom stereocenters. The Morgan fingerprint density at radius 3 is 2.65 bits per heavy atom. The fourth-order valence-corrected chi connectivity index (χ4v) is 4.41. The highest BCUT2D eigenvalue weighted by Crippen LogP contribution is 2.47. The van der Waals surface area contributed by atoms with Crippen LogP contribution in [0, 0.1) is 5.92 Å². The third-order valence-electron chi connectivity index (χ3n) is 6.82. The molecule has 0 aromatic carbocycles. The average molecular weight is 425 g/mol. The number of carbonyl (C=O) groups is 1. The molecule has 166 valence electrons. The van der Waals surface area contributed by atoms with E-state index in [1.54, 1.807) is 19.4 Å². The minimum Gasteiger partial charge on any atom is -0.492 e. The number of Topliss-reactive ketones (excluding diaryl/α,β-unsaturated/α-hetero) is 1. The van der Waals surface area contributed by atoms with Crippen molar-refractivity contribution < 1.29 is 14.3 Å². The van der Waals surface area contributed by atoms with E-state index in [9.17, 15) is 9.59 Å². The number of carbonyl (C=O) groups excluding carboxylic acids is 1. The van der Waals surface area contributed by atoms with Crippen LogP contribution in [0.4, 0.5) is 0 Å². The van der Waals surface area contributed by atoms with E-state index in [0.29, 0.717) is 19.1 Å². The lowest BCUT2D eigenvalue weighted by molar-refractivity contribution is 0.101. The molecule has 6 heteroatoms. The van der Waals surface area contributed by atoms with Crippen LogP contribution in [0.5, 0.6) is 5.75 Å². The molecule has 1 atom stereocenters. The Labute approximate surface area is 183 Å². The van der Waals surface area contributed by atoms with Crippen molar-refractivity contribution in [3.63, 3.8) is 0 Å². The second-order valence-corrected chi connectivity index (χ2v) is 9.40. The fraction of sp³-hybridized carbons (Fsp3) is 0.560. The first kappa shape index (κ1) is 21.8. The molecule has 3 heterocycles. The van der Waals surface area contributed by atoms with Gasteiger partial charge in [-0.25, -0.2) is 4.98 Å². The monoisotopic (exact) mass is 424 g/mol. The van der Waals surface area contributed by atoms with Crippen molar-refractivity contribution in [2.24, 2.45) is 5.92 Å². The first-order valence-electron chi connectivity index (χ1n) is 11.2. The molecule has 0 radical (unpaired) electrons. The van der Waals surface area contributed by atoms with Crippen molar-refractivity contribution in [3.8, 4) is 17.1 Å². The summed E-state index contributed by atoms with van der Waals surface area (Å²) in [6.07, 6.45) is 5.56. The second-order valence-electron chi connectivity index (χ2n) is 9.40. The maximum Gasteiger partial charge on any atom is 0.193 e. The zero-order chi connectivity index (χ0) is 22.3. The van der Waals surface area contributed by atoms with Crippen molar-refractivity contribution in [1.82, 2.24) is 9.55 Å². The first-order chi connectivity index (χ1) is 14.8. The number of hydrogen-bond donors (Lipinski definition) is 0. The molecule has 2 aromatic rings. The number of fused-ring (bicyclic) bond motifs is 3. The topological polar surface area (TPSA) is 70.4 Å². The second kappa shape index (κ2) is 8.23. The lowest BCUT2D eigenvalue weighted by Crippen LogP contribution is -2.43. The highest BCUT2D eigenvalue weighted by Gasteiger charge is 2.39. The summed E-state index contributed by atoms with van der Waals surface area (Å²) in [7, 11) is 1.69. The van der Waals surface area contributed by atoms with E-state index in [-0.39, 0.29) is 28.2 Å². The van der Waals surface area contributed by atoms with Crippen LogP contribution < -0.4 is 10.2 Å². The molecule has 1 fully saturated rings. The van der Waals surface area contributed by atoms with Gasteiger partial charge in [-0.3, -0.25) is 9.59 Å². The smallest absolute Gasteiger partial charge is 0.193 e. The Hall–Kier alpha value is -2.47. The third-order valence-corrected chi connectivity index (χ3v) is 6.82. The van der Waals surface area contributed by atoms with E-state index >= 15 is 0 Å². The molecule has 1 aliphatic heterocycles. The summed E-state index contributed by atoms with van der Waals surface area (Å²) in [4.78, 5) is 29.8. The standard InChI is InChI=1S/C25H32N2O4/c1-15(2)25(4)13-18-11-22(31-10-6-9-30-5)24(17-7-8-17)26-23(18)20-12-21(29)19(16(3)28)14-27(20)25/h11-12,14-15,17H,6-10,13H2,1-5H3. The quantitative estimate of drug-likeness (QED) is 0.466. The molecule has 0 N–H and O–H groups in total. The van der Waals surface area contributed by atoms with Gasteiger partial charge in [-0.05, 0) is 50.7 Å². The highest BCUT2D eigenvalue weighted by molar-refractivity contribution is 5.94. The van der Waals surface area contributed by atoms with Gasteiger partial charge in [0.15, 0.2) is 11.2 Å². The number of pyridine rings is 2. The van der Waals surface area contributed by atoms with Crippen LogP contribution in [0.3, 0.4) is 0 Å². The first-order valence-corrected chi connectivity index (χ1v) is 11.2. The Morgan fingerprint density at radius 2 is 2.03 bits per heavy atom. The van der Waals surface area contributed by atoms with E-state index in [1.807, 2.05) is 0 Å². The van der Waals surface area contributed by atoms with Gasteiger partial charge in [-0.15, -0.1) is 0 Å². The van der Waals surface area contributed by atoms with E-state index < -0.39 is 0 Å². The van der Waals surface area contributed by atoms with Gasteiger partial charge in [-0.1, -0.05) is 13.8 Å². The fourth-order valence-electron chi connectivity index (χ4n) is 4.41. The summed E-state index contributed by atoms with van der Waals surface area (Å²) >= 11 is 0. The highest BCUT2D eigenvalue weighted by atomic mass is 16.5. The van der Waals surface area contributed by atoms with Gasteiger partial charge in [0.05, 0.1) is 29.3 Å². The minimum atomic E-state index is -0.281. The molecule has 4 rings (SSSR count). The predicted molar refractivity (Wildman–Crippen MR) is 120 cm³/mol. The summed E-state index contributed by atoms with van der Waals surface area (Å²) in [5.41, 5.74) is 3.43. The number of methoxy groups -OCH3 is 1. The van der Waals surface area contributed by atoms with Crippen molar-refractivity contribution in [2.75, 3.05) is 20.3 Å². The van der Waals surface area contributed by atoms with E-state index in [2.05, 4.69) is 31.4 Å². The molecule has 6 nitrogen and oxygen atoms in total. The lowest BCUT2D eigenvalue weighted by Gasteiger charge is -2.42. The van der Waals surface area contributed by atoms with Crippen LogP contribution in [0.25, 0.3) is 11.4 Å². The van der Waals surface area contributed by atoms with Crippen molar-refractivity contribution >= 4 is 5.78 Å². The third kappa shape index (κ3) is 3.93. The predicted octanol–water partition coefficient (Wildman–Crippen LogP) is 4.33. The number of ether oxygens (including phenoxy) is 2. The van der Waals surface area contributed by atoms with Crippen molar-refractivity contribution in [3.05, 3.63) is 45.4 Å². The van der Waals surface area contributed by atoms with Crippen LogP contribution in [0.2, 0.25) is 0 Å². The molecule has 31 heavy (non-hydrogen) atoms. The SMILES string of the molecule is COCCCOc1cc2c(nc1C1CC1)-c1cc(=O)c(C(C)=O)cn1C(C)(C(C)C)C2. The van der Waals surface area contributed by atoms with Gasteiger partial charge < -0.3 is 14.0 Å². The van der Waals surface area contributed by atoms with Crippen LogP contribution in [-0.2, 0) is 16.7 Å². The molecule has 1 aliphatic carbocycles. The molecular weight excluding hydrogens is 392 g/mol. The molecular formula is C25H32N2O4. The maximum absolute atomic E-state index is 12.7. The van der Waals surface area contributed by atoms with E-state index in [1.165, 1.54) is 6.92 Å². The summed E-state index contributed by atoms with van der Waals surface area (Å²) in [5, 5.41) is 0. The lowest BCUT2D eigenvalue weighted by atomic mass is 9.78. The number of rotatable bonds is 8. The van der Waals surface area contributed by atoms with Crippen LogP contribution in [-0.4, -0.2) is 35.7 Å². The van der Waals surface area contributed by atoms with Crippen LogP contribution in [0.1, 0.15) is 74.5 Å². The molecule has 1 saturated carbocycles. The van der Waals surface area contributed by atoms with Gasteiger partial charge >= 0.3 is 0 Å². The zero-order valence-electron chi connectivity index (χ0n) is 19.2. The molecule has 0 saturated heterocycles. The summed E-state index contributed by atoms with van der Waals surface area (Å²) in [6.45, 7) is 9.24. The Morgan fingerprint density at radius 1 is 1.29 bits per heavy atom. The molecule has 0 bridgehead atoms. The number of nitrogens with zero attached hydrogens (tertiary/aromatic N) is 2. The Bertz CT molecular complexity index is 1070. The summed E-state index contributed by atoms with van der Waals surface area (Å²) in [6, 6.07) is 3.73. The van der Waals surface area contributed by atoms with Gasteiger partial charge in [0.25, 0.3) is 0 Å². The van der Waals surface area contributed by atoms with Crippen molar-refractivity contribution in [1.29, 1.82) is 0 Å². The van der Waals surface area contributed by atoms with E-state index in [4.69, 9.17) is 14.5 Å². The number of ketones is 1. The molecule has 0 spiro atoms. The molecule has 2 aliphatic rings. The van der Waals surface area contributed by atoms with Crippen molar-refractivity contribution in [2.45, 2.75) is 64.8 Å². The van der Waals surface area contributed by atoms with E-state index in [0.717, 1.165) is 54.1 Å². The number of hydrogen-bond acceptors (Lipinski definition) is 5. The van der Waals surface area contributed by atoms with Crippen LogP contribution >= 0.6 is 0 Å². The van der Waals surface area contributed by atoms with Gasteiger partial charge in [0, 0.05) is 43.9 Å². The van der Waals surface area contributed by atoms with Gasteiger partial charge in [-0.2, -0.15) is 0 Å². The Kier molecular flexibility index (Phi) is 5.77. The van der Waals surface area contributed by atoms with Gasteiger partial charge in [0.2, 0.25) is 0 Å². The summed E-state index contributed by atoms with van der Waals surface area (Å²) < 4.78 is 13.4. The average Bonchev–Trinajstić information content (AvgIpc) is 3.55. The zero-order valence-corrected chi connectivity index (χ0v) is 19.2. The molecule has 0 amide bonds. The largest absolute Gasteiger partial charge is 0.492 e. The Balaban J connectivity index is 1.86.